The van der Waals surface area contributed by atoms with Gasteiger partial charge in [0.15, 0.2) is 10.8 Å². The van der Waals surface area contributed by atoms with Gasteiger partial charge in [-0.15, -0.1) is 0 Å². The summed E-state index contributed by atoms with van der Waals surface area (Å²) in [5, 5.41) is 38.0. The standard InChI is InChI=1S/C16H18N4O2/c1-10(2)12-15(9-19)13(20)22-16(21-12)6-4-3-5-11(16)14(15,7-17)8-18/h10-12,20H,3-6H2,1-2H3/t11-,12+,15-,16-/m1/s1. The molecular weight excluding hydrogens is 280 g/mol. The molecule has 0 unspecified atom stereocenters. The van der Waals surface area contributed by atoms with E-state index >= 15 is 0 Å². The van der Waals surface area contributed by atoms with Gasteiger partial charge in [0.1, 0.15) is 0 Å². The molecule has 0 aromatic heterocycles. The highest BCUT2D eigenvalue weighted by atomic mass is 16.7. The van der Waals surface area contributed by atoms with E-state index in [1.165, 1.54) is 0 Å². The van der Waals surface area contributed by atoms with Crippen LogP contribution in [0, 0.1) is 62.1 Å². The molecule has 0 radical (unpaired) electrons. The van der Waals surface area contributed by atoms with Crippen LogP contribution in [0.1, 0.15) is 39.5 Å². The fraction of sp³-hybridized carbons (Fsp3) is 0.750. The molecule has 1 saturated carbocycles. The van der Waals surface area contributed by atoms with Crippen LogP contribution in [-0.2, 0) is 9.47 Å². The van der Waals surface area contributed by atoms with Crippen LogP contribution >= 0.6 is 0 Å². The molecule has 4 aliphatic rings. The zero-order chi connectivity index (χ0) is 16.2. The molecule has 6 nitrogen and oxygen atoms in total. The van der Waals surface area contributed by atoms with Crippen LogP contribution in [0.25, 0.3) is 0 Å². The van der Waals surface area contributed by atoms with Gasteiger partial charge >= 0.3 is 0 Å². The first kappa shape index (κ1) is 14.8. The van der Waals surface area contributed by atoms with Crippen LogP contribution in [0.4, 0.5) is 0 Å². The number of ether oxygens (including phenoxy) is 2. The fourth-order valence-corrected chi connectivity index (χ4v) is 4.51. The first-order valence-electron chi connectivity index (χ1n) is 7.63. The van der Waals surface area contributed by atoms with Gasteiger partial charge in [-0.2, -0.15) is 15.8 Å². The van der Waals surface area contributed by atoms with Crippen LogP contribution in [-0.4, -0.2) is 17.8 Å². The minimum Gasteiger partial charge on any atom is -0.447 e. The second-order valence-corrected chi connectivity index (χ2v) is 6.78. The van der Waals surface area contributed by atoms with E-state index in [9.17, 15) is 15.8 Å². The molecule has 4 atom stereocenters. The molecule has 0 amide bonds. The van der Waals surface area contributed by atoms with Crippen LogP contribution in [0.5, 0.6) is 0 Å². The average Bonchev–Trinajstić information content (AvgIpc) is 2.52. The van der Waals surface area contributed by atoms with E-state index in [0.29, 0.717) is 12.8 Å². The SMILES string of the molecule is CC(C)[C@@H]1O[C@@]23CCCC[C@@H]2C(C#N)(C#N)[C@@]1(C#N)C(=N)O3. The molecule has 4 fully saturated rings. The van der Waals surface area contributed by atoms with Gasteiger partial charge in [-0.1, -0.05) is 20.3 Å². The van der Waals surface area contributed by atoms with Gasteiger partial charge in [-0.3, -0.25) is 5.41 Å². The zero-order valence-corrected chi connectivity index (χ0v) is 12.7. The van der Waals surface area contributed by atoms with Crippen LogP contribution in [0.3, 0.4) is 0 Å². The van der Waals surface area contributed by atoms with Gasteiger partial charge < -0.3 is 9.47 Å². The van der Waals surface area contributed by atoms with Crippen molar-refractivity contribution in [3.8, 4) is 18.2 Å². The molecule has 3 saturated heterocycles. The summed E-state index contributed by atoms with van der Waals surface area (Å²) in [5.41, 5.74) is -3.25. The molecular formula is C16H18N4O2. The molecule has 6 heteroatoms. The summed E-state index contributed by atoms with van der Waals surface area (Å²) in [6, 6.07) is 6.32. The maximum atomic E-state index is 9.89. The fourth-order valence-electron chi connectivity index (χ4n) is 4.51. The van der Waals surface area contributed by atoms with Gasteiger partial charge in [-0.05, 0) is 18.8 Å². The normalized spacial score (nSPS) is 41.7. The monoisotopic (exact) mass is 298 g/mol. The second-order valence-electron chi connectivity index (χ2n) is 6.78. The van der Waals surface area contributed by atoms with Gasteiger partial charge in [0.2, 0.25) is 11.7 Å². The molecule has 0 aromatic rings. The van der Waals surface area contributed by atoms with Gasteiger partial charge in [0.25, 0.3) is 0 Å². The largest absolute Gasteiger partial charge is 0.447 e. The molecule has 1 spiro atoms. The average molecular weight is 298 g/mol. The summed E-state index contributed by atoms with van der Waals surface area (Å²) in [5.74, 6) is -1.98. The first-order chi connectivity index (χ1) is 10.4. The number of hydrogen-bond donors (Lipinski definition) is 1. The predicted molar refractivity (Wildman–Crippen MR) is 74.9 cm³/mol. The molecule has 0 aromatic carbocycles. The summed E-state index contributed by atoms with van der Waals surface area (Å²) in [7, 11) is 0. The van der Waals surface area contributed by atoms with Gasteiger partial charge in [0.05, 0.1) is 30.2 Å². The lowest BCUT2D eigenvalue weighted by Crippen LogP contribution is -2.76. The topological polar surface area (TPSA) is 114 Å². The first-order valence-corrected chi connectivity index (χ1v) is 7.63. The summed E-state index contributed by atoms with van der Waals surface area (Å²) in [6.45, 7) is 3.76. The third-order valence-electron chi connectivity index (χ3n) is 5.46. The molecule has 2 bridgehead atoms. The highest BCUT2D eigenvalue weighted by Gasteiger charge is 2.80. The van der Waals surface area contributed by atoms with Gasteiger partial charge in [-0.25, -0.2) is 0 Å². The lowest BCUT2D eigenvalue weighted by Gasteiger charge is -2.64. The Morgan fingerprint density at radius 3 is 2.41 bits per heavy atom. The smallest absolute Gasteiger partial charge is 0.217 e. The van der Waals surface area contributed by atoms with Crippen molar-refractivity contribution in [2.45, 2.75) is 51.4 Å². The number of hydrogen-bond acceptors (Lipinski definition) is 6. The minimum atomic E-state index is -1.66. The summed E-state index contributed by atoms with van der Waals surface area (Å²) >= 11 is 0. The van der Waals surface area contributed by atoms with E-state index < -0.39 is 28.6 Å². The predicted octanol–water partition coefficient (Wildman–Crippen LogP) is 2.48. The maximum Gasteiger partial charge on any atom is 0.217 e. The van der Waals surface area contributed by atoms with Gasteiger partial charge in [0, 0.05) is 6.42 Å². The van der Waals surface area contributed by atoms with E-state index in [4.69, 9.17) is 14.9 Å². The Morgan fingerprint density at radius 2 is 1.86 bits per heavy atom. The van der Waals surface area contributed by atoms with Crippen LogP contribution in [0.15, 0.2) is 0 Å². The van der Waals surface area contributed by atoms with Crippen LogP contribution < -0.4 is 0 Å². The van der Waals surface area contributed by atoms with Crippen molar-refractivity contribution >= 4 is 5.90 Å². The molecule has 1 aliphatic carbocycles. The Hall–Kier alpha value is -2.10. The van der Waals surface area contributed by atoms with Crippen molar-refractivity contribution in [2.24, 2.45) is 22.7 Å². The van der Waals surface area contributed by atoms with Crippen molar-refractivity contribution in [2.75, 3.05) is 0 Å². The summed E-state index contributed by atoms with van der Waals surface area (Å²) in [4.78, 5) is 0. The van der Waals surface area contributed by atoms with E-state index in [1.807, 2.05) is 13.8 Å². The zero-order valence-electron chi connectivity index (χ0n) is 12.7. The summed E-state index contributed by atoms with van der Waals surface area (Å²) in [6.07, 6.45) is 2.19. The van der Waals surface area contributed by atoms with Crippen molar-refractivity contribution in [1.82, 2.24) is 0 Å². The maximum absolute atomic E-state index is 9.89. The number of nitrogens with zero attached hydrogens (tertiary/aromatic N) is 3. The lowest BCUT2D eigenvalue weighted by molar-refractivity contribution is -0.364. The summed E-state index contributed by atoms with van der Waals surface area (Å²) < 4.78 is 11.9. The van der Waals surface area contributed by atoms with Crippen molar-refractivity contribution in [1.29, 1.82) is 21.2 Å². The van der Waals surface area contributed by atoms with E-state index in [1.54, 1.807) is 0 Å². The highest BCUT2D eigenvalue weighted by molar-refractivity contribution is 5.88. The van der Waals surface area contributed by atoms with Crippen LogP contribution in [0.2, 0.25) is 0 Å². The number of rotatable bonds is 1. The third kappa shape index (κ3) is 1.33. The molecule has 114 valence electrons. The Balaban J connectivity index is 2.32. The Labute approximate surface area is 129 Å². The minimum absolute atomic E-state index is 0.107. The second kappa shape index (κ2) is 4.45. The van der Waals surface area contributed by atoms with E-state index in [-0.39, 0.29) is 11.8 Å². The van der Waals surface area contributed by atoms with Crippen molar-refractivity contribution in [3.05, 3.63) is 0 Å². The van der Waals surface area contributed by atoms with E-state index in [0.717, 1.165) is 12.8 Å². The molecule has 1 N–H and O–H groups in total. The van der Waals surface area contributed by atoms with Crippen molar-refractivity contribution in [3.63, 3.8) is 0 Å². The Kier molecular flexibility index (Phi) is 3.00. The Bertz CT molecular complexity index is 639. The molecule has 4 rings (SSSR count). The van der Waals surface area contributed by atoms with Crippen molar-refractivity contribution < 1.29 is 9.47 Å². The number of nitriles is 3. The number of nitrogens with one attached hydrogen (secondary N) is 1. The van der Waals surface area contributed by atoms with E-state index in [2.05, 4.69) is 18.2 Å². The molecule has 3 heterocycles. The quantitative estimate of drug-likeness (QED) is 0.798. The number of fused-ring (bicyclic) bond motifs is 2. The lowest BCUT2D eigenvalue weighted by atomic mass is 9.48. The molecule has 22 heavy (non-hydrogen) atoms. The highest BCUT2D eigenvalue weighted by Crippen LogP contribution is 2.66. The molecule has 3 aliphatic heterocycles. The Morgan fingerprint density at radius 1 is 1.18 bits per heavy atom. The third-order valence-corrected chi connectivity index (χ3v) is 5.46.